The summed E-state index contributed by atoms with van der Waals surface area (Å²) in [6.07, 6.45) is 3.89. The van der Waals surface area contributed by atoms with E-state index < -0.39 is 6.10 Å². The van der Waals surface area contributed by atoms with E-state index in [1.807, 2.05) is 30.5 Å². The van der Waals surface area contributed by atoms with Gasteiger partial charge in [-0.15, -0.1) is 11.8 Å². The summed E-state index contributed by atoms with van der Waals surface area (Å²) < 4.78 is 0. The molecule has 1 fully saturated rings. The first kappa shape index (κ1) is 17.3. The Morgan fingerprint density at radius 3 is 2.59 bits per heavy atom. The quantitative estimate of drug-likeness (QED) is 0.789. The van der Waals surface area contributed by atoms with Crippen LogP contribution in [0.2, 0.25) is 0 Å². The molecule has 0 radical (unpaired) electrons. The molecule has 4 nitrogen and oxygen atoms in total. The highest BCUT2D eigenvalue weighted by atomic mass is 32.2. The van der Waals surface area contributed by atoms with Gasteiger partial charge in [0, 0.05) is 23.5 Å². The molecule has 1 aliphatic rings. The Morgan fingerprint density at radius 2 is 2.00 bits per heavy atom. The fourth-order valence-corrected chi connectivity index (χ4v) is 3.07. The summed E-state index contributed by atoms with van der Waals surface area (Å²) in [5.41, 5.74) is 0.636. The summed E-state index contributed by atoms with van der Waals surface area (Å²) in [6.45, 7) is 5.30. The molecular weight excluding hydrogens is 296 g/mol. The lowest BCUT2D eigenvalue weighted by molar-refractivity contribution is 0.0795. The van der Waals surface area contributed by atoms with E-state index in [0.717, 1.165) is 23.9 Å². The minimum atomic E-state index is -0.511. The zero-order valence-electron chi connectivity index (χ0n) is 13.4. The number of nitrogens with one attached hydrogen (secondary N) is 1. The monoisotopic (exact) mass is 322 g/mol. The molecule has 0 aliphatic carbocycles. The van der Waals surface area contributed by atoms with Gasteiger partial charge in [-0.05, 0) is 62.4 Å². The number of thioether (sulfide) groups is 1. The summed E-state index contributed by atoms with van der Waals surface area (Å²) in [6, 6.07) is 7.51. The van der Waals surface area contributed by atoms with Gasteiger partial charge in [0.05, 0.1) is 6.10 Å². The van der Waals surface area contributed by atoms with Gasteiger partial charge in [-0.25, -0.2) is 0 Å². The summed E-state index contributed by atoms with van der Waals surface area (Å²) >= 11 is 1.65. The van der Waals surface area contributed by atoms with Crippen LogP contribution in [0.1, 0.15) is 30.1 Å². The minimum absolute atomic E-state index is 0.126. The van der Waals surface area contributed by atoms with Gasteiger partial charge < -0.3 is 15.3 Å². The van der Waals surface area contributed by atoms with Crippen molar-refractivity contribution >= 4 is 17.7 Å². The van der Waals surface area contributed by atoms with Crippen LogP contribution >= 0.6 is 11.8 Å². The Bertz CT molecular complexity index is 470. The average molecular weight is 322 g/mol. The van der Waals surface area contributed by atoms with Gasteiger partial charge in [0.1, 0.15) is 0 Å². The fraction of sp³-hybridized carbons (Fsp3) is 0.588. The van der Waals surface area contributed by atoms with Gasteiger partial charge in [0.25, 0.3) is 5.91 Å². The number of piperidine rings is 1. The van der Waals surface area contributed by atoms with Crippen molar-refractivity contribution in [2.24, 2.45) is 5.92 Å². The van der Waals surface area contributed by atoms with Crippen molar-refractivity contribution in [3.05, 3.63) is 29.8 Å². The zero-order valence-corrected chi connectivity index (χ0v) is 14.2. The number of aliphatic hydroxyl groups is 1. The number of aliphatic hydroxyl groups excluding tert-OH is 1. The Morgan fingerprint density at radius 1 is 1.36 bits per heavy atom. The highest BCUT2D eigenvalue weighted by Crippen LogP contribution is 2.16. The highest BCUT2D eigenvalue weighted by Gasteiger charge is 2.18. The van der Waals surface area contributed by atoms with Crippen LogP contribution < -0.4 is 5.32 Å². The molecule has 1 heterocycles. The third-order valence-electron chi connectivity index (χ3n) is 4.20. The molecule has 0 spiro atoms. The number of nitrogens with zero attached hydrogens (tertiary/aromatic N) is 1. The molecule has 122 valence electrons. The van der Waals surface area contributed by atoms with E-state index in [1.54, 1.807) is 11.8 Å². The van der Waals surface area contributed by atoms with Crippen LogP contribution in [0, 0.1) is 5.92 Å². The van der Waals surface area contributed by atoms with Crippen molar-refractivity contribution in [1.82, 2.24) is 10.2 Å². The molecular formula is C17H26N2O2S. The van der Waals surface area contributed by atoms with Gasteiger partial charge in [0.2, 0.25) is 0 Å². The van der Waals surface area contributed by atoms with Crippen molar-refractivity contribution < 1.29 is 9.90 Å². The fourth-order valence-electron chi connectivity index (χ4n) is 2.66. The van der Waals surface area contributed by atoms with Gasteiger partial charge in [-0.1, -0.05) is 6.92 Å². The van der Waals surface area contributed by atoms with Crippen LogP contribution in [-0.4, -0.2) is 54.5 Å². The number of β-amino-alcohol motifs (C(OH)–C–C–N with tert-alkyl or cyclic N) is 1. The van der Waals surface area contributed by atoms with Crippen LogP contribution in [0.5, 0.6) is 0 Å². The molecule has 1 aromatic carbocycles. The van der Waals surface area contributed by atoms with Gasteiger partial charge >= 0.3 is 0 Å². The number of hydrogen-bond acceptors (Lipinski definition) is 4. The summed E-state index contributed by atoms with van der Waals surface area (Å²) in [4.78, 5) is 15.5. The maximum Gasteiger partial charge on any atom is 0.251 e. The van der Waals surface area contributed by atoms with E-state index >= 15 is 0 Å². The first-order valence-electron chi connectivity index (χ1n) is 7.91. The van der Waals surface area contributed by atoms with Crippen LogP contribution in [-0.2, 0) is 0 Å². The summed E-state index contributed by atoms with van der Waals surface area (Å²) in [5.74, 6) is 0.663. The normalized spacial score (nSPS) is 18.1. The smallest absolute Gasteiger partial charge is 0.251 e. The number of hydrogen-bond donors (Lipinski definition) is 2. The first-order chi connectivity index (χ1) is 10.6. The topological polar surface area (TPSA) is 52.6 Å². The number of likely N-dealkylation sites (tertiary alicyclic amines) is 1. The maximum absolute atomic E-state index is 12.0. The van der Waals surface area contributed by atoms with Crippen molar-refractivity contribution in [3.8, 4) is 0 Å². The number of carbonyl (C=O) groups is 1. The Kier molecular flexibility index (Phi) is 6.73. The molecule has 5 heteroatoms. The summed E-state index contributed by atoms with van der Waals surface area (Å²) in [5, 5.41) is 12.9. The summed E-state index contributed by atoms with van der Waals surface area (Å²) in [7, 11) is 0. The lowest BCUT2D eigenvalue weighted by Gasteiger charge is -2.31. The lowest BCUT2D eigenvalue weighted by Crippen LogP contribution is -2.43. The van der Waals surface area contributed by atoms with Crippen molar-refractivity contribution in [2.75, 3.05) is 32.4 Å². The van der Waals surface area contributed by atoms with Crippen LogP contribution in [0.25, 0.3) is 0 Å². The molecule has 2 rings (SSSR count). The van der Waals surface area contributed by atoms with Gasteiger partial charge in [0.15, 0.2) is 0 Å². The maximum atomic E-state index is 12.0. The molecule has 0 saturated carbocycles. The Labute approximate surface area is 137 Å². The van der Waals surface area contributed by atoms with Crippen LogP contribution in [0.4, 0.5) is 0 Å². The molecule has 22 heavy (non-hydrogen) atoms. The Balaban J connectivity index is 1.73. The molecule has 0 aromatic heterocycles. The van der Waals surface area contributed by atoms with Crippen molar-refractivity contribution in [1.29, 1.82) is 0 Å². The molecule has 1 atom stereocenters. The van der Waals surface area contributed by atoms with E-state index in [0.29, 0.717) is 18.7 Å². The molecule has 2 N–H and O–H groups in total. The van der Waals surface area contributed by atoms with Gasteiger partial charge in [-0.2, -0.15) is 0 Å². The Hall–Kier alpha value is -1.04. The lowest BCUT2D eigenvalue weighted by atomic mass is 9.99. The first-order valence-corrected chi connectivity index (χ1v) is 9.13. The molecule has 1 unspecified atom stereocenters. The second-order valence-corrected chi connectivity index (χ2v) is 6.96. The van der Waals surface area contributed by atoms with Crippen LogP contribution in [0.3, 0.4) is 0 Å². The second kappa shape index (κ2) is 8.56. The molecule has 1 aromatic rings. The number of benzene rings is 1. The standard InChI is InChI=1S/C17H26N2O2S/c1-13-7-9-19(10-8-13)12-15(20)11-18-17(21)14-3-5-16(22-2)6-4-14/h3-6,13,15,20H,7-12H2,1-2H3,(H,18,21). The molecule has 1 aliphatic heterocycles. The predicted octanol–water partition coefficient (Wildman–Crippen LogP) is 2.23. The van der Waals surface area contributed by atoms with E-state index in [-0.39, 0.29) is 5.91 Å². The largest absolute Gasteiger partial charge is 0.390 e. The van der Waals surface area contributed by atoms with Crippen molar-refractivity contribution in [2.45, 2.75) is 30.8 Å². The predicted molar refractivity (Wildman–Crippen MR) is 91.4 cm³/mol. The van der Waals surface area contributed by atoms with Crippen molar-refractivity contribution in [3.63, 3.8) is 0 Å². The third kappa shape index (κ3) is 5.30. The van der Waals surface area contributed by atoms with E-state index in [1.165, 1.54) is 12.8 Å². The molecule has 0 bridgehead atoms. The zero-order chi connectivity index (χ0) is 15.9. The van der Waals surface area contributed by atoms with E-state index in [4.69, 9.17) is 0 Å². The highest BCUT2D eigenvalue weighted by molar-refractivity contribution is 7.98. The van der Waals surface area contributed by atoms with Gasteiger partial charge in [-0.3, -0.25) is 4.79 Å². The number of carbonyl (C=O) groups excluding carboxylic acids is 1. The van der Waals surface area contributed by atoms with E-state index in [9.17, 15) is 9.90 Å². The average Bonchev–Trinajstić information content (AvgIpc) is 2.55. The second-order valence-electron chi connectivity index (χ2n) is 6.08. The molecule has 1 amide bonds. The number of rotatable bonds is 6. The number of amides is 1. The van der Waals surface area contributed by atoms with E-state index in [2.05, 4.69) is 17.1 Å². The SMILES string of the molecule is CSc1ccc(C(=O)NCC(O)CN2CCC(C)CC2)cc1. The molecule has 1 saturated heterocycles. The van der Waals surface area contributed by atoms with Crippen LogP contribution in [0.15, 0.2) is 29.2 Å². The minimum Gasteiger partial charge on any atom is -0.390 e. The third-order valence-corrected chi connectivity index (χ3v) is 4.94.